The van der Waals surface area contributed by atoms with Crippen molar-refractivity contribution in [2.24, 2.45) is 5.92 Å². The van der Waals surface area contributed by atoms with Crippen LogP contribution in [0.15, 0.2) is 0 Å². The summed E-state index contributed by atoms with van der Waals surface area (Å²) >= 11 is 0. The van der Waals surface area contributed by atoms with Crippen molar-refractivity contribution in [2.45, 2.75) is 76.1 Å². The highest BCUT2D eigenvalue weighted by Crippen LogP contribution is 2.43. The Hall–Kier alpha value is -0.120. The van der Waals surface area contributed by atoms with E-state index in [4.69, 9.17) is 4.74 Å². The van der Waals surface area contributed by atoms with Gasteiger partial charge in [-0.05, 0) is 38.0 Å². The van der Waals surface area contributed by atoms with Crippen LogP contribution in [0.3, 0.4) is 0 Å². The second-order valence-corrected chi connectivity index (χ2v) is 5.84. The molecule has 3 heteroatoms. The molecule has 0 aromatic carbocycles. The summed E-state index contributed by atoms with van der Waals surface area (Å²) in [4.78, 5) is 0. The van der Waals surface area contributed by atoms with E-state index in [0.29, 0.717) is 6.42 Å². The van der Waals surface area contributed by atoms with Gasteiger partial charge in [-0.25, -0.2) is 0 Å². The minimum atomic E-state index is -0.559. The average molecular weight is 242 g/mol. The fourth-order valence-corrected chi connectivity index (χ4v) is 3.51. The summed E-state index contributed by atoms with van der Waals surface area (Å²) < 4.78 is 5.95. The van der Waals surface area contributed by atoms with Crippen molar-refractivity contribution in [3.63, 3.8) is 0 Å². The smallest absolute Gasteiger partial charge is 0.0829 e. The standard InChI is InChI=1S/C14H26O3/c1-2-5-12(15)13(16)11-6-9-17-14(10-11)7-3-4-8-14/h11-13,15-16H,2-10H2,1H3. The van der Waals surface area contributed by atoms with Gasteiger partial charge in [0.2, 0.25) is 0 Å². The molecule has 1 spiro atoms. The molecular formula is C14H26O3. The molecular weight excluding hydrogens is 216 g/mol. The van der Waals surface area contributed by atoms with Gasteiger partial charge in [0.15, 0.2) is 0 Å². The summed E-state index contributed by atoms with van der Waals surface area (Å²) in [6.07, 6.45) is 7.12. The molecule has 1 saturated heterocycles. The lowest BCUT2D eigenvalue weighted by Gasteiger charge is -2.41. The zero-order valence-electron chi connectivity index (χ0n) is 10.9. The molecule has 2 N–H and O–H groups in total. The highest BCUT2D eigenvalue weighted by atomic mass is 16.5. The highest BCUT2D eigenvalue weighted by Gasteiger charge is 2.42. The van der Waals surface area contributed by atoms with Crippen LogP contribution in [0, 0.1) is 5.92 Å². The Morgan fingerprint density at radius 2 is 2.00 bits per heavy atom. The van der Waals surface area contributed by atoms with Crippen LogP contribution >= 0.6 is 0 Å². The van der Waals surface area contributed by atoms with E-state index < -0.39 is 12.2 Å². The minimum absolute atomic E-state index is 0.0375. The average Bonchev–Trinajstić information content (AvgIpc) is 2.76. The van der Waals surface area contributed by atoms with E-state index in [-0.39, 0.29) is 11.5 Å². The second-order valence-electron chi connectivity index (χ2n) is 5.84. The number of hydrogen-bond donors (Lipinski definition) is 2. The Labute approximate surface area is 104 Å². The molecule has 2 fully saturated rings. The molecule has 1 aliphatic heterocycles. The van der Waals surface area contributed by atoms with Gasteiger partial charge in [-0.1, -0.05) is 26.2 Å². The van der Waals surface area contributed by atoms with Gasteiger partial charge in [0.25, 0.3) is 0 Å². The van der Waals surface area contributed by atoms with Crippen molar-refractivity contribution in [1.29, 1.82) is 0 Å². The first-order chi connectivity index (χ1) is 8.17. The zero-order chi connectivity index (χ0) is 12.3. The third-order valence-electron chi connectivity index (χ3n) is 4.51. The van der Waals surface area contributed by atoms with Crippen molar-refractivity contribution in [1.82, 2.24) is 0 Å². The summed E-state index contributed by atoms with van der Waals surface area (Å²) in [6.45, 7) is 2.79. The maximum atomic E-state index is 10.2. The third kappa shape index (κ3) is 3.01. The maximum absolute atomic E-state index is 10.2. The first-order valence-corrected chi connectivity index (χ1v) is 7.17. The molecule has 17 heavy (non-hydrogen) atoms. The van der Waals surface area contributed by atoms with Crippen molar-refractivity contribution in [3.8, 4) is 0 Å². The van der Waals surface area contributed by atoms with Crippen LogP contribution in [0.1, 0.15) is 58.3 Å². The fourth-order valence-electron chi connectivity index (χ4n) is 3.51. The van der Waals surface area contributed by atoms with Crippen molar-refractivity contribution >= 4 is 0 Å². The first kappa shape index (κ1) is 13.3. The van der Waals surface area contributed by atoms with E-state index in [1.165, 1.54) is 12.8 Å². The molecule has 1 heterocycles. The molecule has 1 saturated carbocycles. The topological polar surface area (TPSA) is 49.7 Å². The van der Waals surface area contributed by atoms with Crippen LogP contribution < -0.4 is 0 Å². The fraction of sp³-hybridized carbons (Fsp3) is 1.00. The lowest BCUT2D eigenvalue weighted by atomic mass is 9.80. The second kappa shape index (κ2) is 5.68. The molecule has 0 bridgehead atoms. The summed E-state index contributed by atoms with van der Waals surface area (Å²) in [5, 5.41) is 20.1. The van der Waals surface area contributed by atoms with Crippen LogP contribution in [0.2, 0.25) is 0 Å². The summed E-state index contributed by atoms with van der Waals surface area (Å²) in [7, 11) is 0. The molecule has 3 atom stereocenters. The van der Waals surface area contributed by atoms with Crippen molar-refractivity contribution in [2.75, 3.05) is 6.61 Å². The van der Waals surface area contributed by atoms with Gasteiger partial charge in [-0.15, -0.1) is 0 Å². The lowest BCUT2D eigenvalue weighted by Crippen LogP contribution is -2.44. The zero-order valence-corrected chi connectivity index (χ0v) is 10.9. The number of aliphatic hydroxyl groups is 2. The van der Waals surface area contributed by atoms with Crippen molar-refractivity contribution in [3.05, 3.63) is 0 Å². The Kier molecular flexibility index (Phi) is 4.45. The predicted octanol–water partition coefficient (Wildman–Crippen LogP) is 2.25. The van der Waals surface area contributed by atoms with Gasteiger partial charge in [-0.2, -0.15) is 0 Å². The van der Waals surface area contributed by atoms with E-state index in [2.05, 4.69) is 0 Å². The Balaban J connectivity index is 1.92. The van der Waals surface area contributed by atoms with E-state index in [9.17, 15) is 10.2 Å². The molecule has 0 radical (unpaired) electrons. The van der Waals surface area contributed by atoms with Gasteiger partial charge in [0, 0.05) is 6.61 Å². The molecule has 100 valence electrons. The Morgan fingerprint density at radius 3 is 2.65 bits per heavy atom. The van der Waals surface area contributed by atoms with E-state index in [1.807, 2.05) is 6.92 Å². The van der Waals surface area contributed by atoms with Crippen LogP contribution in [0.25, 0.3) is 0 Å². The molecule has 2 rings (SSSR count). The molecule has 1 aliphatic carbocycles. The highest BCUT2D eigenvalue weighted by molar-refractivity contribution is 4.93. The molecule has 0 amide bonds. The molecule has 2 aliphatic rings. The number of hydrogen-bond acceptors (Lipinski definition) is 3. The molecule has 0 aromatic rings. The van der Waals surface area contributed by atoms with Gasteiger partial charge in [0.05, 0.1) is 17.8 Å². The number of ether oxygens (including phenoxy) is 1. The van der Waals surface area contributed by atoms with Crippen LogP contribution in [-0.4, -0.2) is 34.6 Å². The van der Waals surface area contributed by atoms with E-state index in [1.54, 1.807) is 0 Å². The number of aliphatic hydroxyl groups excluding tert-OH is 2. The van der Waals surface area contributed by atoms with Gasteiger partial charge < -0.3 is 14.9 Å². The maximum Gasteiger partial charge on any atom is 0.0829 e. The largest absolute Gasteiger partial charge is 0.390 e. The van der Waals surface area contributed by atoms with Gasteiger partial charge >= 0.3 is 0 Å². The monoisotopic (exact) mass is 242 g/mol. The van der Waals surface area contributed by atoms with Crippen LogP contribution in [-0.2, 0) is 4.74 Å². The van der Waals surface area contributed by atoms with Crippen molar-refractivity contribution < 1.29 is 14.9 Å². The van der Waals surface area contributed by atoms with Gasteiger partial charge in [0.1, 0.15) is 0 Å². The number of rotatable bonds is 4. The first-order valence-electron chi connectivity index (χ1n) is 7.17. The summed E-state index contributed by atoms with van der Waals surface area (Å²) in [5.74, 6) is 0.225. The third-order valence-corrected chi connectivity index (χ3v) is 4.51. The quantitative estimate of drug-likeness (QED) is 0.795. The summed E-state index contributed by atoms with van der Waals surface area (Å²) in [6, 6.07) is 0. The van der Waals surface area contributed by atoms with Crippen LogP contribution in [0.4, 0.5) is 0 Å². The van der Waals surface area contributed by atoms with E-state index in [0.717, 1.165) is 38.7 Å². The van der Waals surface area contributed by atoms with Crippen LogP contribution in [0.5, 0.6) is 0 Å². The predicted molar refractivity (Wildman–Crippen MR) is 66.8 cm³/mol. The summed E-state index contributed by atoms with van der Waals surface area (Å²) in [5.41, 5.74) is 0.0375. The minimum Gasteiger partial charge on any atom is -0.390 e. The molecule has 3 unspecified atom stereocenters. The van der Waals surface area contributed by atoms with Gasteiger partial charge in [-0.3, -0.25) is 0 Å². The lowest BCUT2D eigenvalue weighted by molar-refractivity contribution is -0.129. The molecule has 3 nitrogen and oxygen atoms in total. The molecule has 0 aromatic heterocycles. The van der Waals surface area contributed by atoms with E-state index >= 15 is 0 Å². The normalized spacial score (nSPS) is 31.6. The Bertz CT molecular complexity index is 236. The SMILES string of the molecule is CCCC(O)C(O)C1CCOC2(CCCC2)C1. The Morgan fingerprint density at radius 1 is 1.29 bits per heavy atom.